The smallest absolute Gasteiger partial charge is 0.253 e. The molecule has 21 heavy (non-hydrogen) atoms. The first-order valence-electron chi connectivity index (χ1n) is 7.98. The van der Waals surface area contributed by atoms with E-state index in [1.807, 2.05) is 11.0 Å². The van der Waals surface area contributed by atoms with E-state index < -0.39 is 0 Å². The van der Waals surface area contributed by atoms with Gasteiger partial charge in [0, 0.05) is 30.7 Å². The number of carbonyl (C=O) groups excluding carboxylic acids is 1. The molecule has 0 aromatic heterocycles. The third kappa shape index (κ3) is 3.18. The number of benzene rings is 1. The third-order valence-electron chi connectivity index (χ3n) is 4.38. The summed E-state index contributed by atoms with van der Waals surface area (Å²) in [4.78, 5) is 14.6. The van der Waals surface area contributed by atoms with Crippen LogP contribution in [0.25, 0.3) is 6.08 Å². The van der Waals surface area contributed by atoms with Gasteiger partial charge in [-0.2, -0.15) is 0 Å². The van der Waals surface area contributed by atoms with Gasteiger partial charge in [0.15, 0.2) is 0 Å². The first-order chi connectivity index (χ1) is 10.1. The highest BCUT2D eigenvalue weighted by Crippen LogP contribution is 2.22. The van der Waals surface area contributed by atoms with E-state index in [4.69, 9.17) is 0 Å². The number of nitrogens with one attached hydrogen (secondary N) is 1. The van der Waals surface area contributed by atoms with Crippen molar-refractivity contribution in [2.75, 3.05) is 13.1 Å². The SMILES string of the molecule is CC(C)NC1CCN(C(=O)c2ccc3c(c2)CC=C3)CC1. The molecule has 1 saturated heterocycles. The van der Waals surface area contributed by atoms with Crippen LogP contribution in [0.3, 0.4) is 0 Å². The minimum absolute atomic E-state index is 0.188. The van der Waals surface area contributed by atoms with E-state index in [0.717, 1.165) is 37.9 Å². The van der Waals surface area contributed by atoms with Crippen LogP contribution in [-0.4, -0.2) is 36.0 Å². The Morgan fingerprint density at radius 3 is 2.76 bits per heavy atom. The monoisotopic (exact) mass is 284 g/mol. The molecule has 1 aromatic carbocycles. The van der Waals surface area contributed by atoms with E-state index >= 15 is 0 Å². The van der Waals surface area contributed by atoms with Crippen molar-refractivity contribution in [2.24, 2.45) is 0 Å². The summed E-state index contributed by atoms with van der Waals surface area (Å²) in [5.41, 5.74) is 3.37. The van der Waals surface area contributed by atoms with Crippen LogP contribution in [0.2, 0.25) is 0 Å². The van der Waals surface area contributed by atoms with Gasteiger partial charge in [-0.3, -0.25) is 4.79 Å². The van der Waals surface area contributed by atoms with Crippen molar-refractivity contribution >= 4 is 12.0 Å². The molecule has 1 aliphatic heterocycles. The van der Waals surface area contributed by atoms with Crippen molar-refractivity contribution in [2.45, 2.75) is 45.2 Å². The van der Waals surface area contributed by atoms with Crippen LogP contribution in [0.15, 0.2) is 24.3 Å². The molecular weight excluding hydrogens is 260 g/mol. The lowest BCUT2D eigenvalue weighted by Gasteiger charge is -2.33. The number of allylic oxidation sites excluding steroid dienone is 1. The highest BCUT2D eigenvalue weighted by Gasteiger charge is 2.24. The Kier molecular flexibility index (Phi) is 4.11. The number of hydrogen-bond donors (Lipinski definition) is 1. The van der Waals surface area contributed by atoms with Crippen molar-refractivity contribution < 1.29 is 4.79 Å². The number of amides is 1. The number of carbonyl (C=O) groups is 1. The zero-order valence-electron chi connectivity index (χ0n) is 12.9. The molecule has 1 aromatic rings. The van der Waals surface area contributed by atoms with Gasteiger partial charge in [-0.1, -0.05) is 32.1 Å². The second kappa shape index (κ2) is 6.02. The van der Waals surface area contributed by atoms with Crippen molar-refractivity contribution in [3.8, 4) is 0 Å². The standard InChI is InChI=1S/C18H24N2O/c1-13(2)19-17-8-10-20(11-9-17)18(21)16-7-6-14-4-3-5-15(14)12-16/h3-4,6-7,12-13,17,19H,5,8-11H2,1-2H3. The molecule has 0 saturated carbocycles. The van der Waals surface area contributed by atoms with E-state index in [1.165, 1.54) is 11.1 Å². The molecule has 0 unspecified atom stereocenters. The first kappa shape index (κ1) is 14.3. The van der Waals surface area contributed by atoms with Crippen LogP contribution in [0.1, 0.15) is 48.2 Å². The maximum absolute atomic E-state index is 12.6. The summed E-state index contributed by atoms with van der Waals surface area (Å²) in [5.74, 6) is 0.188. The topological polar surface area (TPSA) is 32.3 Å². The highest BCUT2D eigenvalue weighted by atomic mass is 16.2. The van der Waals surface area contributed by atoms with Crippen LogP contribution in [-0.2, 0) is 6.42 Å². The number of nitrogens with zero attached hydrogens (tertiary/aromatic N) is 1. The Balaban J connectivity index is 1.62. The Morgan fingerprint density at radius 1 is 1.29 bits per heavy atom. The van der Waals surface area contributed by atoms with Crippen molar-refractivity contribution in [3.63, 3.8) is 0 Å². The number of hydrogen-bond acceptors (Lipinski definition) is 2. The summed E-state index contributed by atoms with van der Waals surface area (Å²) >= 11 is 0. The molecular formula is C18H24N2O. The van der Waals surface area contributed by atoms with Crippen LogP contribution >= 0.6 is 0 Å². The molecule has 1 amide bonds. The predicted octanol–water partition coefficient (Wildman–Crippen LogP) is 2.86. The lowest BCUT2D eigenvalue weighted by Crippen LogP contribution is -2.46. The molecule has 112 valence electrons. The minimum Gasteiger partial charge on any atom is -0.339 e. The van der Waals surface area contributed by atoms with E-state index in [-0.39, 0.29) is 5.91 Å². The zero-order chi connectivity index (χ0) is 14.8. The molecule has 3 nitrogen and oxygen atoms in total. The largest absolute Gasteiger partial charge is 0.339 e. The van der Waals surface area contributed by atoms with Gasteiger partial charge in [0.25, 0.3) is 5.91 Å². The summed E-state index contributed by atoms with van der Waals surface area (Å²) < 4.78 is 0. The van der Waals surface area contributed by atoms with Gasteiger partial charge in [-0.15, -0.1) is 0 Å². The van der Waals surface area contributed by atoms with Crippen LogP contribution in [0, 0.1) is 0 Å². The van der Waals surface area contributed by atoms with Gasteiger partial charge in [0.1, 0.15) is 0 Å². The zero-order valence-corrected chi connectivity index (χ0v) is 12.9. The fraction of sp³-hybridized carbons (Fsp3) is 0.500. The summed E-state index contributed by atoms with van der Waals surface area (Å²) in [7, 11) is 0. The normalized spacial score (nSPS) is 18.3. The average molecular weight is 284 g/mol. The molecule has 3 rings (SSSR count). The predicted molar refractivity (Wildman–Crippen MR) is 86.4 cm³/mol. The highest BCUT2D eigenvalue weighted by molar-refractivity contribution is 5.95. The third-order valence-corrected chi connectivity index (χ3v) is 4.38. The van der Waals surface area contributed by atoms with Gasteiger partial charge in [0.05, 0.1) is 0 Å². The van der Waals surface area contributed by atoms with Gasteiger partial charge < -0.3 is 10.2 Å². The lowest BCUT2D eigenvalue weighted by atomic mass is 10.0. The van der Waals surface area contributed by atoms with Crippen molar-refractivity contribution in [1.82, 2.24) is 10.2 Å². The van der Waals surface area contributed by atoms with Crippen LogP contribution in [0.5, 0.6) is 0 Å². The lowest BCUT2D eigenvalue weighted by molar-refractivity contribution is 0.0703. The second-order valence-corrected chi connectivity index (χ2v) is 6.41. The summed E-state index contributed by atoms with van der Waals surface area (Å²) in [6, 6.07) is 7.17. The molecule has 1 N–H and O–H groups in total. The number of fused-ring (bicyclic) bond motifs is 1. The molecule has 0 bridgehead atoms. The molecule has 1 fully saturated rings. The maximum atomic E-state index is 12.6. The maximum Gasteiger partial charge on any atom is 0.253 e. The minimum atomic E-state index is 0.188. The summed E-state index contributed by atoms with van der Waals surface area (Å²) in [6.45, 7) is 6.07. The van der Waals surface area contributed by atoms with E-state index in [1.54, 1.807) is 0 Å². The first-order valence-corrected chi connectivity index (χ1v) is 7.98. The second-order valence-electron chi connectivity index (χ2n) is 6.41. The van der Waals surface area contributed by atoms with Gasteiger partial charge in [0.2, 0.25) is 0 Å². The molecule has 1 heterocycles. The number of likely N-dealkylation sites (tertiary alicyclic amines) is 1. The summed E-state index contributed by atoms with van der Waals surface area (Å²) in [5, 5.41) is 3.57. The fourth-order valence-corrected chi connectivity index (χ4v) is 3.29. The van der Waals surface area contributed by atoms with Crippen LogP contribution in [0.4, 0.5) is 0 Å². The van der Waals surface area contributed by atoms with E-state index in [0.29, 0.717) is 12.1 Å². The molecule has 0 radical (unpaired) electrons. The summed E-state index contributed by atoms with van der Waals surface area (Å²) in [6.07, 6.45) is 7.35. The molecule has 0 spiro atoms. The Morgan fingerprint density at radius 2 is 2.05 bits per heavy atom. The molecule has 2 aliphatic rings. The molecule has 3 heteroatoms. The number of piperidine rings is 1. The number of rotatable bonds is 3. The molecule has 0 atom stereocenters. The van der Waals surface area contributed by atoms with E-state index in [9.17, 15) is 4.79 Å². The van der Waals surface area contributed by atoms with Crippen molar-refractivity contribution in [1.29, 1.82) is 0 Å². The quantitative estimate of drug-likeness (QED) is 0.925. The van der Waals surface area contributed by atoms with Crippen molar-refractivity contribution in [3.05, 3.63) is 41.0 Å². The van der Waals surface area contributed by atoms with Gasteiger partial charge in [-0.05, 0) is 42.5 Å². The van der Waals surface area contributed by atoms with E-state index in [2.05, 4.69) is 43.4 Å². The Hall–Kier alpha value is -1.61. The Labute approximate surface area is 127 Å². The van der Waals surface area contributed by atoms with Crippen LogP contribution < -0.4 is 5.32 Å². The Bertz CT molecular complexity index is 554. The van der Waals surface area contributed by atoms with Gasteiger partial charge in [-0.25, -0.2) is 0 Å². The molecule has 1 aliphatic carbocycles. The fourth-order valence-electron chi connectivity index (χ4n) is 3.29. The van der Waals surface area contributed by atoms with Gasteiger partial charge >= 0.3 is 0 Å². The average Bonchev–Trinajstić information content (AvgIpc) is 2.94.